The zero-order valence-corrected chi connectivity index (χ0v) is 17.5. The lowest BCUT2D eigenvalue weighted by molar-refractivity contribution is 0.475. The van der Waals surface area contributed by atoms with Gasteiger partial charge in [-0.25, -0.2) is 4.98 Å². The first-order chi connectivity index (χ1) is 14.2. The summed E-state index contributed by atoms with van der Waals surface area (Å²) in [6.07, 6.45) is 5.28. The van der Waals surface area contributed by atoms with Crippen molar-refractivity contribution >= 4 is 28.3 Å². The standard InChI is InChI=1S/C24H17N3O2.BrH/c25-15-17-1-3-20(4-2-17)24(27-14-13-26-16-27)23(18-5-9-21(28)10-6-18)19-7-11-22(29)12-8-19;/h1-14,16,28-29H;1H. The van der Waals surface area contributed by atoms with Crippen molar-refractivity contribution in [3.05, 3.63) is 114 Å². The molecule has 0 radical (unpaired) electrons. The number of benzene rings is 3. The lowest BCUT2D eigenvalue weighted by atomic mass is 9.92. The lowest BCUT2D eigenvalue weighted by Gasteiger charge is -2.18. The molecule has 1 heterocycles. The molecule has 148 valence electrons. The Kier molecular flexibility index (Phi) is 6.35. The molecule has 0 spiro atoms. The van der Waals surface area contributed by atoms with Gasteiger partial charge in [0.2, 0.25) is 0 Å². The smallest absolute Gasteiger partial charge is 0.115 e. The maximum absolute atomic E-state index is 9.75. The van der Waals surface area contributed by atoms with E-state index in [2.05, 4.69) is 11.1 Å². The molecule has 0 atom stereocenters. The third kappa shape index (κ3) is 4.27. The molecule has 4 aromatic rings. The van der Waals surface area contributed by atoms with E-state index in [0.29, 0.717) is 5.56 Å². The summed E-state index contributed by atoms with van der Waals surface area (Å²) >= 11 is 0. The molecule has 0 aliphatic rings. The summed E-state index contributed by atoms with van der Waals surface area (Å²) < 4.78 is 1.91. The van der Waals surface area contributed by atoms with Gasteiger partial charge in [0.1, 0.15) is 11.5 Å². The number of phenols is 2. The van der Waals surface area contributed by atoms with Crippen LogP contribution in [0.5, 0.6) is 11.5 Å². The number of hydrogen-bond acceptors (Lipinski definition) is 4. The van der Waals surface area contributed by atoms with Gasteiger partial charge in [0.05, 0.1) is 23.7 Å². The van der Waals surface area contributed by atoms with E-state index < -0.39 is 0 Å². The average Bonchev–Trinajstić information content (AvgIpc) is 3.28. The molecule has 3 aromatic carbocycles. The molecular formula is C24H18BrN3O2. The van der Waals surface area contributed by atoms with Crippen molar-refractivity contribution in [2.75, 3.05) is 0 Å². The van der Waals surface area contributed by atoms with Gasteiger partial charge in [-0.1, -0.05) is 36.4 Å². The molecule has 6 heteroatoms. The molecular weight excluding hydrogens is 442 g/mol. The predicted octanol–water partition coefficient (Wildman–Crippen LogP) is 5.21. The third-order valence-corrected chi connectivity index (χ3v) is 4.60. The molecule has 0 bridgehead atoms. The first-order valence-electron chi connectivity index (χ1n) is 8.97. The van der Waals surface area contributed by atoms with Gasteiger partial charge in [0, 0.05) is 18.0 Å². The summed E-state index contributed by atoms with van der Waals surface area (Å²) in [4.78, 5) is 4.20. The fraction of sp³-hybridized carbons (Fsp3) is 0. The largest absolute Gasteiger partial charge is 0.508 e. The maximum Gasteiger partial charge on any atom is 0.115 e. The van der Waals surface area contributed by atoms with Crippen LogP contribution in [0.4, 0.5) is 0 Å². The van der Waals surface area contributed by atoms with Gasteiger partial charge in [0.25, 0.3) is 0 Å². The number of imidazole rings is 1. The third-order valence-electron chi connectivity index (χ3n) is 4.60. The van der Waals surface area contributed by atoms with E-state index >= 15 is 0 Å². The second kappa shape index (κ2) is 9.12. The van der Waals surface area contributed by atoms with E-state index in [1.807, 2.05) is 47.2 Å². The van der Waals surface area contributed by atoms with Gasteiger partial charge >= 0.3 is 0 Å². The Bertz CT molecular complexity index is 1140. The SMILES string of the molecule is Br.N#Cc1ccc(C(=C(c2ccc(O)cc2)c2ccc(O)cc2)n2ccnc2)cc1. The van der Waals surface area contributed by atoms with Crippen LogP contribution in [0.15, 0.2) is 91.5 Å². The number of nitriles is 1. The van der Waals surface area contributed by atoms with Crippen LogP contribution in [0.3, 0.4) is 0 Å². The van der Waals surface area contributed by atoms with Crippen molar-refractivity contribution in [1.82, 2.24) is 9.55 Å². The molecule has 0 amide bonds. The first kappa shape index (κ1) is 20.9. The monoisotopic (exact) mass is 459 g/mol. The van der Waals surface area contributed by atoms with E-state index in [-0.39, 0.29) is 28.5 Å². The highest BCUT2D eigenvalue weighted by Gasteiger charge is 2.16. The Morgan fingerprint density at radius 1 is 0.767 bits per heavy atom. The zero-order valence-electron chi connectivity index (χ0n) is 15.8. The summed E-state index contributed by atoms with van der Waals surface area (Å²) in [5, 5.41) is 28.6. The maximum atomic E-state index is 9.75. The molecule has 0 aliphatic heterocycles. The van der Waals surface area contributed by atoms with Crippen LogP contribution in [-0.4, -0.2) is 19.8 Å². The minimum Gasteiger partial charge on any atom is -0.508 e. The highest BCUT2D eigenvalue weighted by atomic mass is 79.9. The molecule has 4 rings (SSSR count). The minimum absolute atomic E-state index is 0. The molecule has 0 fully saturated rings. The van der Waals surface area contributed by atoms with Gasteiger partial charge in [-0.05, 0) is 53.1 Å². The predicted molar refractivity (Wildman–Crippen MR) is 121 cm³/mol. The van der Waals surface area contributed by atoms with Gasteiger partial charge in [-0.15, -0.1) is 17.0 Å². The summed E-state index contributed by atoms with van der Waals surface area (Å²) in [7, 11) is 0. The molecule has 0 saturated heterocycles. The highest BCUT2D eigenvalue weighted by molar-refractivity contribution is 8.93. The average molecular weight is 460 g/mol. The summed E-state index contributed by atoms with van der Waals surface area (Å²) in [6, 6.07) is 23.4. The van der Waals surface area contributed by atoms with Crippen molar-refractivity contribution in [2.24, 2.45) is 0 Å². The van der Waals surface area contributed by atoms with Crippen LogP contribution in [0.2, 0.25) is 0 Å². The Morgan fingerprint density at radius 3 is 1.70 bits per heavy atom. The Morgan fingerprint density at radius 2 is 1.27 bits per heavy atom. The second-order valence-corrected chi connectivity index (χ2v) is 6.48. The van der Waals surface area contributed by atoms with E-state index in [4.69, 9.17) is 5.26 Å². The van der Waals surface area contributed by atoms with Crippen LogP contribution in [-0.2, 0) is 0 Å². The minimum atomic E-state index is 0. The molecule has 1 aromatic heterocycles. The quantitative estimate of drug-likeness (QED) is 0.410. The molecule has 0 saturated carbocycles. The first-order valence-corrected chi connectivity index (χ1v) is 8.97. The zero-order chi connectivity index (χ0) is 20.2. The molecule has 2 N–H and O–H groups in total. The van der Waals surface area contributed by atoms with Crippen LogP contribution < -0.4 is 0 Å². The van der Waals surface area contributed by atoms with Crippen molar-refractivity contribution in [1.29, 1.82) is 5.26 Å². The fourth-order valence-electron chi connectivity index (χ4n) is 3.21. The Balaban J connectivity index is 0.00000256. The Labute approximate surface area is 184 Å². The van der Waals surface area contributed by atoms with E-state index in [1.54, 1.807) is 48.9 Å². The second-order valence-electron chi connectivity index (χ2n) is 6.48. The number of aromatic hydroxyl groups is 2. The van der Waals surface area contributed by atoms with Crippen LogP contribution in [0, 0.1) is 11.3 Å². The number of nitrogens with zero attached hydrogens (tertiary/aromatic N) is 3. The van der Waals surface area contributed by atoms with Crippen LogP contribution in [0.25, 0.3) is 11.3 Å². The number of rotatable bonds is 4. The Hall–Kier alpha value is -3.82. The number of aromatic nitrogens is 2. The number of halogens is 1. The van der Waals surface area contributed by atoms with Gasteiger partial charge in [-0.2, -0.15) is 5.26 Å². The molecule has 0 unspecified atom stereocenters. The summed E-state index contributed by atoms with van der Waals surface area (Å²) in [5.74, 6) is 0.364. The van der Waals surface area contributed by atoms with Crippen molar-refractivity contribution < 1.29 is 10.2 Å². The van der Waals surface area contributed by atoms with E-state index in [9.17, 15) is 10.2 Å². The molecule has 0 aliphatic carbocycles. The summed E-state index contributed by atoms with van der Waals surface area (Å²) in [6.45, 7) is 0. The molecule has 5 nitrogen and oxygen atoms in total. The van der Waals surface area contributed by atoms with Crippen LogP contribution >= 0.6 is 17.0 Å². The van der Waals surface area contributed by atoms with Gasteiger partial charge in [-0.3, -0.25) is 0 Å². The number of hydrogen-bond donors (Lipinski definition) is 2. The van der Waals surface area contributed by atoms with Gasteiger partial charge < -0.3 is 14.8 Å². The number of phenolic OH excluding ortho intramolecular Hbond substituents is 2. The fourth-order valence-corrected chi connectivity index (χ4v) is 3.21. The molecule has 30 heavy (non-hydrogen) atoms. The van der Waals surface area contributed by atoms with Crippen molar-refractivity contribution in [2.45, 2.75) is 0 Å². The normalized spacial score (nSPS) is 9.97. The van der Waals surface area contributed by atoms with Crippen LogP contribution in [0.1, 0.15) is 22.3 Å². The van der Waals surface area contributed by atoms with Crippen molar-refractivity contribution in [3.8, 4) is 17.6 Å². The van der Waals surface area contributed by atoms with E-state index in [0.717, 1.165) is 28.0 Å². The topological polar surface area (TPSA) is 82.1 Å². The van der Waals surface area contributed by atoms with E-state index in [1.165, 1.54) is 0 Å². The lowest BCUT2D eigenvalue weighted by Crippen LogP contribution is -2.03. The van der Waals surface area contributed by atoms with Gasteiger partial charge in [0.15, 0.2) is 0 Å². The summed E-state index contributed by atoms with van der Waals surface area (Å²) in [5.41, 5.74) is 5.02. The van der Waals surface area contributed by atoms with Crippen molar-refractivity contribution in [3.63, 3.8) is 0 Å². The highest BCUT2D eigenvalue weighted by Crippen LogP contribution is 2.34.